The molecule has 0 fully saturated rings. The Bertz CT molecular complexity index is 349. The van der Waals surface area contributed by atoms with Crippen LogP contribution in [0.25, 0.3) is 0 Å². The molecule has 1 atom stereocenters. The van der Waals surface area contributed by atoms with Gasteiger partial charge in [-0.05, 0) is 26.0 Å². The molecule has 0 saturated heterocycles. The summed E-state index contributed by atoms with van der Waals surface area (Å²) in [5.41, 5.74) is 0. The molecule has 0 radical (unpaired) electrons. The van der Waals surface area contributed by atoms with Gasteiger partial charge < -0.3 is 9.73 Å². The van der Waals surface area contributed by atoms with E-state index in [0.29, 0.717) is 12.2 Å². The van der Waals surface area contributed by atoms with Crippen LogP contribution in [0.3, 0.4) is 0 Å². The lowest BCUT2D eigenvalue weighted by atomic mass is 10.0. The van der Waals surface area contributed by atoms with Gasteiger partial charge in [0, 0.05) is 12.5 Å². The van der Waals surface area contributed by atoms with Gasteiger partial charge in [-0.1, -0.05) is 0 Å². The van der Waals surface area contributed by atoms with Crippen LogP contribution in [-0.2, 0) is 11.2 Å². The van der Waals surface area contributed by atoms with E-state index in [4.69, 9.17) is 9.68 Å². The molecule has 0 aliphatic heterocycles. The van der Waals surface area contributed by atoms with Gasteiger partial charge in [0.1, 0.15) is 11.7 Å². The van der Waals surface area contributed by atoms with Gasteiger partial charge in [0.25, 0.3) is 0 Å². The highest BCUT2D eigenvalue weighted by Crippen LogP contribution is 2.09. The van der Waals surface area contributed by atoms with E-state index < -0.39 is 5.92 Å². The van der Waals surface area contributed by atoms with Crippen LogP contribution in [0.2, 0.25) is 0 Å². The highest BCUT2D eigenvalue weighted by Gasteiger charge is 2.19. The Hall–Kier alpha value is -1.76. The molecule has 1 aromatic heterocycles. The largest absolute Gasteiger partial charge is 0.469 e. The van der Waals surface area contributed by atoms with E-state index in [0.717, 1.165) is 0 Å². The summed E-state index contributed by atoms with van der Waals surface area (Å²) < 4.78 is 5.09. The molecule has 1 aromatic rings. The zero-order valence-electron chi connectivity index (χ0n) is 8.86. The predicted molar refractivity (Wildman–Crippen MR) is 54.8 cm³/mol. The van der Waals surface area contributed by atoms with Gasteiger partial charge >= 0.3 is 0 Å². The zero-order valence-corrected chi connectivity index (χ0v) is 8.86. The third-order valence-corrected chi connectivity index (χ3v) is 1.89. The van der Waals surface area contributed by atoms with Crippen LogP contribution in [0, 0.1) is 17.2 Å². The van der Waals surface area contributed by atoms with E-state index in [9.17, 15) is 4.79 Å². The van der Waals surface area contributed by atoms with Crippen molar-refractivity contribution in [2.24, 2.45) is 5.92 Å². The van der Waals surface area contributed by atoms with Crippen molar-refractivity contribution in [1.29, 1.82) is 5.26 Å². The van der Waals surface area contributed by atoms with Gasteiger partial charge in [-0.2, -0.15) is 5.26 Å². The van der Waals surface area contributed by atoms with Crippen LogP contribution in [0.4, 0.5) is 0 Å². The molecule has 1 N–H and O–H groups in total. The van der Waals surface area contributed by atoms with E-state index in [1.807, 2.05) is 19.9 Å². The second kappa shape index (κ2) is 5.20. The van der Waals surface area contributed by atoms with Crippen molar-refractivity contribution in [3.05, 3.63) is 24.2 Å². The second-order valence-electron chi connectivity index (χ2n) is 3.63. The molecule has 4 nitrogen and oxygen atoms in total. The summed E-state index contributed by atoms with van der Waals surface area (Å²) >= 11 is 0. The van der Waals surface area contributed by atoms with Crippen molar-refractivity contribution >= 4 is 5.91 Å². The monoisotopic (exact) mass is 206 g/mol. The van der Waals surface area contributed by atoms with Crippen molar-refractivity contribution in [1.82, 2.24) is 5.32 Å². The van der Waals surface area contributed by atoms with Gasteiger partial charge in [0.05, 0.1) is 12.3 Å². The minimum absolute atomic E-state index is 0.0463. The molecule has 1 amide bonds. The van der Waals surface area contributed by atoms with Crippen LogP contribution < -0.4 is 5.32 Å². The Labute approximate surface area is 88.9 Å². The molecule has 15 heavy (non-hydrogen) atoms. The minimum Gasteiger partial charge on any atom is -0.469 e. The number of hydrogen-bond acceptors (Lipinski definition) is 3. The number of hydrogen-bond donors (Lipinski definition) is 1. The van der Waals surface area contributed by atoms with Gasteiger partial charge in [-0.15, -0.1) is 0 Å². The summed E-state index contributed by atoms with van der Waals surface area (Å²) in [5.74, 6) is -0.275. The molecule has 0 aliphatic carbocycles. The van der Waals surface area contributed by atoms with E-state index in [-0.39, 0.29) is 11.9 Å². The summed E-state index contributed by atoms with van der Waals surface area (Å²) in [4.78, 5) is 11.5. The standard InChI is InChI=1S/C11H14N2O2/c1-8(2)13-11(14)9(7-12)6-10-4-3-5-15-10/h3-5,8-9H,6H2,1-2H3,(H,13,14). The van der Waals surface area contributed by atoms with Crippen LogP contribution in [-0.4, -0.2) is 11.9 Å². The first-order chi connectivity index (χ1) is 7.13. The number of nitriles is 1. The molecule has 1 heterocycles. The summed E-state index contributed by atoms with van der Waals surface area (Å²) in [5, 5.41) is 11.6. The normalized spacial score (nSPS) is 12.1. The Morgan fingerprint density at radius 1 is 1.67 bits per heavy atom. The molecule has 0 spiro atoms. The van der Waals surface area contributed by atoms with Crippen molar-refractivity contribution in [2.45, 2.75) is 26.3 Å². The zero-order chi connectivity index (χ0) is 11.3. The predicted octanol–water partition coefficient (Wildman–Crippen LogP) is 1.49. The molecule has 0 aliphatic rings. The van der Waals surface area contributed by atoms with Crippen molar-refractivity contribution in [3.63, 3.8) is 0 Å². The van der Waals surface area contributed by atoms with Crippen molar-refractivity contribution < 1.29 is 9.21 Å². The smallest absolute Gasteiger partial charge is 0.238 e. The van der Waals surface area contributed by atoms with Crippen LogP contribution >= 0.6 is 0 Å². The van der Waals surface area contributed by atoms with E-state index >= 15 is 0 Å². The first-order valence-electron chi connectivity index (χ1n) is 4.86. The summed E-state index contributed by atoms with van der Waals surface area (Å²) in [6, 6.07) is 5.52. The van der Waals surface area contributed by atoms with E-state index in [2.05, 4.69) is 5.32 Å². The maximum absolute atomic E-state index is 11.5. The Morgan fingerprint density at radius 3 is 2.87 bits per heavy atom. The molecule has 0 saturated carbocycles. The quantitative estimate of drug-likeness (QED) is 0.811. The lowest BCUT2D eigenvalue weighted by molar-refractivity contribution is -0.123. The fraction of sp³-hybridized carbons (Fsp3) is 0.455. The summed E-state index contributed by atoms with van der Waals surface area (Å²) in [6.07, 6.45) is 1.85. The first kappa shape index (κ1) is 11.3. The molecule has 1 unspecified atom stereocenters. The Morgan fingerprint density at radius 2 is 2.40 bits per heavy atom. The van der Waals surface area contributed by atoms with Crippen LogP contribution in [0.15, 0.2) is 22.8 Å². The minimum atomic E-state index is -0.682. The third kappa shape index (κ3) is 3.47. The topological polar surface area (TPSA) is 66.0 Å². The summed E-state index contributed by atoms with van der Waals surface area (Å²) in [7, 11) is 0. The molecule has 1 rings (SSSR count). The van der Waals surface area contributed by atoms with Crippen LogP contribution in [0.5, 0.6) is 0 Å². The average molecular weight is 206 g/mol. The SMILES string of the molecule is CC(C)NC(=O)C(C#N)Cc1ccco1. The third-order valence-electron chi connectivity index (χ3n) is 1.89. The molecule has 0 bridgehead atoms. The number of furan rings is 1. The molecule has 80 valence electrons. The molecular weight excluding hydrogens is 192 g/mol. The Kier molecular flexibility index (Phi) is 3.92. The molecule has 4 heteroatoms. The van der Waals surface area contributed by atoms with Gasteiger partial charge in [-0.25, -0.2) is 0 Å². The maximum atomic E-state index is 11.5. The van der Waals surface area contributed by atoms with Crippen molar-refractivity contribution in [2.75, 3.05) is 0 Å². The first-order valence-corrected chi connectivity index (χ1v) is 4.86. The van der Waals surface area contributed by atoms with Gasteiger partial charge in [-0.3, -0.25) is 4.79 Å². The van der Waals surface area contributed by atoms with E-state index in [1.54, 1.807) is 12.1 Å². The van der Waals surface area contributed by atoms with Gasteiger partial charge in [0.15, 0.2) is 0 Å². The average Bonchev–Trinajstić information content (AvgIpc) is 2.65. The number of amides is 1. The number of nitrogens with one attached hydrogen (secondary N) is 1. The molecular formula is C11H14N2O2. The number of nitrogens with zero attached hydrogens (tertiary/aromatic N) is 1. The lowest BCUT2D eigenvalue weighted by Crippen LogP contribution is -2.35. The number of carbonyl (C=O) groups excluding carboxylic acids is 1. The lowest BCUT2D eigenvalue weighted by Gasteiger charge is -2.11. The van der Waals surface area contributed by atoms with Crippen molar-refractivity contribution in [3.8, 4) is 6.07 Å². The highest BCUT2D eigenvalue weighted by atomic mass is 16.3. The maximum Gasteiger partial charge on any atom is 0.238 e. The fourth-order valence-electron chi connectivity index (χ4n) is 1.21. The Balaban J connectivity index is 2.57. The number of carbonyl (C=O) groups is 1. The van der Waals surface area contributed by atoms with Crippen LogP contribution in [0.1, 0.15) is 19.6 Å². The summed E-state index contributed by atoms with van der Waals surface area (Å²) in [6.45, 7) is 3.72. The van der Waals surface area contributed by atoms with Gasteiger partial charge in [0.2, 0.25) is 5.91 Å². The second-order valence-corrected chi connectivity index (χ2v) is 3.63. The fourth-order valence-corrected chi connectivity index (χ4v) is 1.21. The van der Waals surface area contributed by atoms with E-state index in [1.165, 1.54) is 6.26 Å². The highest BCUT2D eigenvalue weighted by molar-refractivity contribution is 5.81. The number of rotatable bonds is 4. The molecule has 0 aromatic carbocycles.